The van der Waals surface area contributed by atoms with E-state index in [0.717, 1.165) is 25.7 Å². The van der Waals surface area contributed by atoms with Crippen LogP contribution in [0.3, 0.4) is 0 Å². The van der Waals surface area contributed by atoms with Crippen molar-refractivity contribution in [3.63, 3.8) is 0 Å². The van der Waals surface area contributed by atoms with Gasteiger partial charge in [0.1, 0.15) is 23.6 Å². The Morgan fingerprint density at radius 2 is 0.868 bits per heavy atom. The molecule has 0 radical (unpaired) electrons. The number of nitrogens with zero attached hydrogens (tertiary/aromatic N) is 17. The van der Waals surface area contributed by atoms with Crippen molar-refractivity contribution in [2.24, 2.45) is 0 Å². The lowest BCUT2D eigenvalue weighted by Crippen LogP contribution is -2.49. The molecule has 14 heterocycles. The fourth-order valence-electron chi connectivity index (χ4n) is 14.9. The molecule has 5 amide bonds. The van der Waals surface area contributed by atoms with E-state index >= 15 is 0 Å². The molecule has 4 atom stereocenters. The number of rotatable bonds is 12. The highest BCUT2D eigenvalue weighted by Crippen LogP contribution is 2.38. The Morgan fingerprint density at radius 3 is 1.21 bits per heavy atom. The molecule has 0 aliphatic carbocycles. The van der Waals surface area contributed by atoms with Crippen molar-refractivity contribution in [1.29, 1.82) is 15.8 Å². The van der Waals surface area contributed by atoms with E-state index in [1.165, 1.54) is 74.7 Å². The summed E-state index contributed by atoms with van der Waals surface area (Å²) >= 11 is 0. The van der Waals surface area contributed by atoms with Gasteiger partial charge in [0.2, 0.25) is 0 Å². The van der Waals surface area contributed by atoms with E-state index in [0.29, 0.717) is 115 Å². The van der Waals surface area contributed by atoms with Crippen LogP contribution in [0.15, 0.2) is 110 Å². The number of anilines is 3. The van der Waals surface area contributed by atoms with Gasteiger partial charge >= 0.3 is 0 Å². The molecule has 6 aromatic heterocycles. The van der Waals surface area contributed by atoms with E-state index in [-0.39, 0.29) is 131 Å². The van der Waals surface area contributed by atoms with Gasteiger partial charge in [-0.2, -0.15) is 31.1 Å². The van der Waals surface area contributed by atoms with E-state index in [2.05, 4.69) is 46.2 Å². The molecular formula is C74H67F3N20O9. The molecule has 3 aromatic carbocycles. The molecule has 5 saturated heterocycles. The summed E-state index contributed by atoms with van der Waals surface area (Å²) in [5, 5.41) is 82.9. The van der Waals surface area contributed by atoms with Gasteiger partial charge < -0.3 is 60.5 Å². The molecule has 106 heavy (non-hydrogen) atoms. The van der Waals surface area contributed by atoms with Crippen molar-refractivity contribution in [1.82, 2.24) is 70.0 Å². The number of aliphatic hydroxyl groups is 3. The molecule has 0 bridgehead atoms. The van der Waals surface area contributed by atoms with Crippen LogP contribution in [-0.2, 0) is 34.0 Å². The minimum absolute atomic E-state index is 0.0260. The molecule has 8 aliphatic rings. The summed E-state index contributed by atoms with van der Waals surface area (Å²) in [5.41, 5.74) is 1.59. The number of methoxy groups -OCH3 is 1. The van der Waals surface area contributed by atoms with Gasteiger partial charge in [-0.15, -0.1) is 0 Å². The number of hydrogen-bond donors (Lipinski definition) is 6. The van der Waals surface area contributed by atoms with Gasteiger partial charge in [0.25, 0.3) is 29.5 Å². The normalized spacial score (nSPS) is 21.0. The van der Waals surface area contributed by atoms with Crippen LogP contribution in [0.25, 0.3) is 50.8 Å². The summed E-state index contributed by atoms with van der Waals surface area (Å²) in [5.74, 6) is -1.76. The summed E-state index contributed by atoms with van der Waals surface area (Å²) in [7, 11) is -2.64. The fraction of sp³-hybridized carbons (Fsp3) is 0.324. The highest BCUT2D eigenvalue weighted by Gasteiger charge is 2.48. The van der Waals surface area contributed by atoms with Crippen molar-refractivity contribution in [3.05, 3.63) is 178 Å². The second kappa shape index (κ2) is 28.0. The van der Waals surface area contributed by atoms with Crippen LogP contribution >= 0.6 is 0 Å². The lowest BCUT2D eigenvalue weighted by molar-refractivity contribution is -0.148. The molecule has 0 unspecified atom stereocenters. The maximum Gasteiger partial charge on any atom is 0.256 e. The molecule has 6 N–H and O–H groups in total. The summed E-state index contributed by atoms with van der Waals surface area (Å²) in [6.45, 7) is 4.55. The summed E-state index contributed by atoms with van der Waals surface area (Å²) in [6.07, 6.45) is 7.40. The van der Waals surface area contributed by atoms with E-state index in [1.54, 1.807) is 63.6 Å². The van der Waals surface area contributed by atoms with E-state index in [9.17, 15) is 68.2 Å². The highest BCUT2D eigenvalue weighted by atomic mass is 19.1. The standard InChI is InChI=1S/2C26H24FN7O3.C22H19FN6O3/c2*27-17-5-3-4-16(13-28)22(17)18-12-20(23-19(30-18)14-29-24(23)35)34-10-6-21(31-34)33-11-7-26(37,15-33)25(36)32-8-1-2-9-32;1-32-18-11-28(10-17(18)30)19-5-6-29(27-19)16-7-14(26-15-9-25-22(31)21(15)16)20-12(8-24)3-2-4-13(20)23/h2*3-6,10,12,37H,1-2,7-9,11,14-15H2,(H,29,35);2-7,17-18,30H,9-11H2,1H3,(H,25,31)/t2*26-;17-,18+/m101/s1/i;;1D3. The molecule has 538 valence electrons. The number of halogens is 3. The first kappa shape index (κ1) is 65.6. The Balaban J connectivity index is 0.000000130. The lowest BCUT2D eigenvalue weighted by Gasteiger charge is -2.27. The predicted molar refractivity (Wildman–Crippen MR) is 372 cm³/mol. The van der Waals surface area contributed by atoms with Crippen molar-refractivity contribution in [3.8, 4) is 69.0 Å². The number of fused-ring (bicyclic) bond motifs is 3. The van der Waals surface area contributed by atoms with Crippen LogP contribution in [0.1, 0.15) is 107 Å². The summed E-state index contributed by atoms with van der Waals surface area (Å²) < 4.78 is 75.5. The molecule has 9 aromatic rings. The minimum Gasteiger partial charge on any atom is -0.388 e. The Morgan fingerprint density at radius 1 is 0.519 bits per heavy atom. The number of nitrogens with one attached hydrogen (secondary N) is 3. The fourth-order valence-corrected chi connectivity index (χ4v) is 14.9. The molecule has 17 rings (SSSR count). The highest BCUT2D eigenvalue weighted by molar-refractivity contribution is 6.03. The third-order valence-corrected chi connectivity index (χ3v) is 20.2. The number of likely N-dealkylation sites (tertiary alicyclic amines) is 2. The maximum absolute atomic E-state index is 14.8. The number of hydrogen-bond acceptors (Lipinski definition) is 21. The van der Waals surface area contributed by atoms with Gasteiger partial charge in [0.15, 0.2) is 28.7 Å². The van der Waals surface area contributed by atoms with Gasteiger partial charge in [-0.3, -0.25) is 24.0 Å². The largest absolute Gasteiger partial charge is 0.388 e. The Bertz CT molecular complexity index is 5130. The average molecular weight is 1440 g/mol. The van der Waals surface area contributed by atoms with E-state index < -0.39 is 47.9 Å². The van der Waals surface area contributed by atoms with Gasteiger partial charge in [-0.05, 0) is 80.3 Å². The monoisotopic (exact) mass is 1440 g/mol. The zero-order valence-electron chi connectivity index (χ0n) is 59.5. The molecule has 0 spiro atoms. The number of nitriles is 3. The lowest BCUT2D eigenvalue weighted by atomic mass is 10.0. The number of aromatic nitrogens is 9. The number of amides is 5. The number of benzene rings is 3. The minimum atomic E-state index is -2.64. The Hall–Kier alpha value is -12.4. The second-order valence-electron chi connectivity index (χ2n) is 26.8. The first-order valence-electron chi connectivity index (χ1n) is 35.8. The predicted octanol–water partition coefficient (Wildman–Crippen LogP) is 4.89. The molecule has 5 fully saturated rings. The molecule has 32 heteroatoms. The van der Waals surface area contributed by atoms with Crippen LogP contribution < -0.4 is 30.7 Å². The zero-order valence-corrected chi connectivity index (χ0v) is 56.5. The molecule has 0 saturated carbocycles. The summed E-state index contributed by atoms with van der Waals surface area (Å²) in [6, 6.07) is 28.3. The van der Waals surface area contributed by atoms with Gasteiger partial charge in [-0.1, -0.05) is 18.2 Å². The topological polar surface area (TPSA) is 371 Å². The third kappa shape index (κ3) is 12.7. The first-order chi connectivity index (χ1) is 52.4. The maximum atomic E-state index is 14.8. The van der Waals surface area contributed by atoms with Crippen LogP contribution in [0.2, 0.25) is 0 Å². The Kier molecular flexibility index (Phi) is 17.3. The second-order valence-corrected chi connectivity index (χ2v) is 26.8. The van der Waals surface area contributed by atoms with E-state index in [4.69, 9.17) is 8.85 Å². The van der Waals surface area contributed by atoms with Gasteiger partial charge in [0, 0.05) is 109 Å². The van der Waals surface area contributed by atoms with Gasteiger partial charge in [-0.25, -0.2) is 42.2 Å². The Labute approximate surface area is 607 Å². The molecular weight excluding hydrogens is 1370 g/mol. The van der Waals surface area contributed by atoms with Gasteiger partial charge in [0.05, 0.1) is 162 Å². The van der Waals surface area contributed by atoms with Crippen LogP contribution in [-0.4, -0.2) is 195 Å². The number of carbonyl (C=O) groups is 5. The number of β-amino-alcohol motifs (C(OH)–C–C–N with tert-alkyl or cyclic N) is 3. The van der Waals surface area contributed by atoms with Crippen molar-refractivity contribution >= 4 is 47.0 Å². The molecule has 29 nitrogen and oxygen atoms in total. The average Bonchev–Trinajstić information content (AvgIpc) is 1.63. The van der Waals surface area contributed by atoms with E-state index in [1.807, 2.05) is 28.0 Å². The van der Waals surface area contributed by atoms with Crippen molar-refractivity contribution in [2.75, 3.05) is 87.2 Å². The number of carbonyl (C=O) groups excluding carboxylic acids is 5. The van der Waals surface area contributed by atoms with Crippen LogP contribution in [0.5, 0.6) is 0 Å². The quantitative estimate of drug-likeness (QED) is 0.0948. The molecule has 8 aliphatic heterocycles. The van der Waals surface area contributed by atoms with Crippen LogP contribution in [0, 0.1) is 51.4 Å². The number of aliphatic hydroxyl groups excluding tert-OH is 1. The zero-order chi connectivity index (χ0) is 76.4. The third-order valence-electron chi connectivity index (χ3n) is 20.2. The smallest absolute Gasteiger partial charge is 0.256 e. The van der Waals surface area contributed by atoms with Crippen molar-refractivity contribution in [2.45, 2.75) is 81.6 Å². The number of pyridine rings is 3. The van der Waals surface area contributed by atoms with Crippen molar-refractivity contribution < 1.29 is 61.3 Å². The SMILES string of the molecule is N#Cc1cccc(F)c1-c1cc(-n2ccc(N3CC[C@@](O)(C(=O)N4CCCC4)C3)n2)c2c(n1)CNC2=O.N#Cc1cccc(F)c1-c1cc(-n2ccc(N3CC[C@](O)(C(=O)N4CCCC4)C3)n2)c2c(n1)CNC2=O.[2H]C([2H])([2H])O[C@H]1CN(c2ccn(-c3cc(-c4c(F)cccc4C#N)nc4c3C(=O)NC4)n2)C[C@H]1O. The first-order valence-corrected chi connectivity index (χ1v) is 34.3. The summed E-state index contributed by atoms with van der Waals surface area (Å²) in [4.78, 5) is 85.9. The van der Waals surface area contributed by atoms with Crippen LogP contribution in [0.4, 0.5) is 30.6 Å². The number of ether oxygens (including phenoxy) is 1.